The van der Waals surface area contributed by atoms with Gasteiger partial charge in [-0.3, -0.25) is 4.57 Å². The number of fused-ring (bicyclic) bond motifs is 1. The maximum atomic E-state index is 11.6. The van der Waals surface area contributed by atoms with E-state index in [0.29, 0.717) is 11.7 Å². The molecule has 140 valence electrons. The number of nitrogens with zero attached hydrogens (tertiary/aromatic N) is 3. The number of primary amides is 1. The topological polar surface area (TPSA) is 76.2 Å². The molecule has 3 N–H and O–H groups in total. The minimum absolute atomic E-state index is 0.504. The number of carbonyl (C=O) groups is 1. The predicted octanol–water partition coefficient (Wildman–Crippen LogP) is 3.47. The Morgan fingerprint density at radius 2 is 2.12 bits per heavy atom. The van der Waals surface area contributed by atoms with Crippen LogP contribution in [0.2, 0.25) is 0 Å². The van der Waals surface area contributed by atoms with Crippen LogP contribution in [0.4, 0.5) is 10.5 Å². The van der Waals surface area contributed by atoms with Crippen molar-refractivity contribution in [3.05, 3.63) is 22.9 Å². The largest absolute Gasteiger partial charge is 0.368 e. The van der Waals surface area contributed by atoms with Gasteiger partial charge >= 0.3 is 6.03 Å². The van der Waals surface area contributed by atoms with Crippen LogP contribution in [0.15, 0.2) is 22.9 Å². The van der Waals surface area contributed by atoms with Gasteiger partial charge in [-0.05, 0) is 60.1 Å². The van der Waals surface area contributed by atoms with Crippen molar-refractivity contribution in [2.75, 3.05) is 24.5 Å². The molecule has 26 heavy (non-hydrogen) atoms. The van der Waals surface area contributed by atoms with Crippen LogP contribution >= 0.6 is 15.9 Å². The first-order chi connectivity index (χ1) is 12.6. The first-order valence-corrected chi connectivity index (χ1v) is 10.4. The number of anilines is 1. The van der Waals surface area contributed by atoms with E-state index in [1.54, 1.807) is 12.4 Å². The highest BCUT2D eigenvalue weighted by molar-refractivity contribution is 9.10. The summed E-state index contributed by atoms with van der Waals surface area (Å²) < 4.78 is 2.37. The Morgan fingerprint density at radius 1 is 1.31 bits per heavy atom. The van der Waals surface area contributed by atoms with Gasteiger partial charge in [0.2, 0.25) is 0 Å². The molecule has 0 unspecified atom stereocenters. The summed E-state index contributed by atoms with van der Waals surface area (Å²) in [6, 6.07) is 1.94. The molecule has 1 amide bonds. The molecule has 1 saturated heterocycles. The monoisotopic (exact) mass is 419 g/mol. The van der Waals surface area contributed by atoms with Gasteiger partial charge in [-0.25, -0.2) is 9.78 Å². The Bertz CT molecular complexity index is 799. The van der Waals surface area contributed by atoms with Crippen molar-refractivity contribution in [2.45, 2.75) is 44.6 Å². The number of carbonyl (C=O) groups excluding carboxylic acids is 1. The van der Waals surface area contributed by atoms with Gasteiger partial charge in [-0.1, -0.05) is 12.8 Å². The summed E-state index contributed by atoms with van der Waals surface area (Å²) in [4.78, 5) is 18.4. The number of pyridine rings is 1. The number of rotatable bonds is 4. The summed E-state index contributed by atoms with van der Waals surface area (Å²) in [7, 11) is 0. The maximum Gasteiger partial charge on any atom is 0.324 e. The fraction of sp³-hybridized carbons (Fsp3) is 0.579. The Kier molecular flexibility index (Phi) is 5.18. The second-order valence-corrected chi connectivity index (χ2v) is 8.41. The van der Waals surface area contributed by atoms with E-state index in [2.05, 4.69) is 31.1 Å². The molecule has 1 aliphatic heterocycles. The molecule has 2 fully saturated rings. The molecule has 1 atom stereocenters. The van der Waals surface area contributed by atoms with Crippen molar-refractivity contribution in [3.63, 3.8) is 0 Å². The number of piperidine rings is 1. The van der Waals surface area contributed by atoms with Crippen LogP contribution in [-0.2, 0) is 0 Å². The van der Waals surface area contributed by atoms with E-state index < -0.39 is 6.03 Å². The molecule has 0 spiro atoms. The minimum atomic E-state index is -0.504. The lowest BCUT2D eigenvalue weighted by Crippen LogP contribution is -2.47. The molecule has 2 aromatic rings. The summed E-state index contributed by atoms with van der Waals surface area (Å²) >= 11 is 3.66. The standard InChI is InChI=1S/C19H26BrN5O/c20-16-11-23-18-15(7-9-25(18)19(21)26)17(16)24-8-3-6-14(12-24)22-10-13-4-1-2-5-13/h7,9,11,13-14,22H,1-6,8,10,12H2,(H2,21,26)/t14-/m1/s1. The third-order valence-corrected chi connectivity index (χ3v) is 6.37. The lowest BCUT2D eigenvalue weighted by Gasteiger charge is -2.36. The van der Waals surface area contributed by atoms with Crippen molar-refractivity contribution in [3.8, 4) is 0 Å². The van der Waals surface area contributed by atoms with Gasteiger partial charge < -0.3 is 16.0 Å². The molecule has 1 saturated carbocycles. The van der Waals surface area contributed by atoms with Crippen LogP contribution in [0.1, 0.15) is 38.5 Å². The van der Waals surface area contributed by atoms with E-state index in [1.807, 2.05) is 6.07 Å². The van der Waals surface area contributed by atoms with Gasteiger partial charge in [0.05, 0.1) is 10.2 Å². The van der Waals surface area contributed by atoms with Crippen molar-refractivity contribution < 1.29 is 4.79 Å². The highest BCUT2D eigenvalue weighted by Gasteiger charge is 2.25. The highest BCUT2D eigenvalue weighted by atomic mass is 79.9. The van der Waals surface area contributed by atoms with Gasteiger partial charge in [0.25, 0.3) is 0 Å². The summed E-state index contributed by atoms with van der Waals surface area (Å²) in [6.45, 7) is 3.14. The average molecular weight is 420 g/mol. The number of hydrogen-bond donors (Lipinski definition) is 2. The van der Waals surface area contributed by atoms with E-state index in [4.69, 9.17) is 5.73 Å². The molecule has 2 aromatic heterocycles. The van der Waals surface area contributed by atoms with Crippen molar-refractivity contribution in [1.82, 2.24) is 14.9 Å². The summed E-state index contributed by atoms with van der Waals surface area (Å²) in [5.74, 6) is 0.856. The molecule has 2 aliphatic rings. The summed E-state index contributed by atoms with van der Waals surface area (Å²) in [5, 5.41) is 4.77. The number of hydrogen-bond acceptors (Lipinski definition) is 4. The first kappa shape index (κ1) is 17.8. The lowest BCUT2D eigenvalue weighted by molar-refractivity contribution is 0.251. The zero-order chi connectivity index (χ0) is 18.1. The lowest BCUT2D eigenvalue weighted by atomic mass is 10.0. The molecule has 0 radical (unpaired) electrons. The van der Waals surface area contributed by atoms with E-state index in [9.17, 15) is 4.79 Å². The van der Waals surface area contributed by atoms with Crippen LogP contribution in [0.25, 0.3) is 11.0 Å². The van der Waals surface area contributed by atoms with Crippen LogP contribution in [0.3, 0.4) is 0 Å². The van der Waals surface area contributed by atoms with Gasteiger partial charge in [0.15, 0.2) is 0 Å². The Labute approximate surface area is 162 Å². The Hall–Kier alpha value is -1.60. The third kappa shape index (κ3) is 3.47. The first-order valence-electron chi connectivity index (χ1n) is 9.57. The normalized spacial score (nSPS) is 21.6. The zero-order valence-electron chi connectivity index (χ0n) is 15.0. The number of nitrogens with two attached hydrogens (primary N) is 1. The van der Waals surface area contributed by atoms with Crippen molar-refractivity contribution in [1.29, 1.82) is 0 Å². The van der Waals surface area contributed by atoms with E-state index >= 15 is 0 Å². The second kappa shape index (κ2) is 7.56. The van der Waals surface area contributed by atoms with E-state index in [-0.39, 0.29) is 0 Å². The van der Waals surface area contributed by atoms with E-state index in [0.717, 1.165) is 47.5 Å². The van der Waals surface area contributed by atoms with Crippen LogP contribution in [-0.4, -0.2) is 41.3 Å². The highest BCUT2D eigenvalue weighted by Crippen LogP contribution is 2.35. The van der Waals surface area contributed by atoms with Gasteiger partial charge in [-0.2, -0.15) is 0 Å². The second-order valence-electron chi connectivity index (χ2n) is 7.56. The SMILES string of the molecule is NC(=O)n1ccc2c(N3CCC[C@@H](NCC4CCCC4)C3)c(Br)cnc21. The van der Waals surface area contributed by atoms with Gasteiger partial charge in [0.1, 0.15) is 5.65 Å². The van der Waals surface area contributed by atoms with Crippen molar-refractivity contribution >= 4 is 38.7 Å². The quantitative estimate of drug-likeness (QED) is 0.794. The third-order valence-electron chi connectivity index (χ3n) is 5.79. The smallest absolute Gasteiger partial charge is 0.324 e. The Morgan fingerprint density at radius 3 is 2.88 bits per heavy atom. The molecular weight excluding hydrogens is 394 g/mol. The maximum absolute atomic E-state index is 11.6. The van der Waals surface area contributed by atoms with Crippen molar-refractivity contribution in [2.24, 2.45) is 11.7 Å². The Balaban J connectivity index is 1.54. The number of amides is 1. The summed E-state index contributed by atoms with van der Waals surface area (Å²) in [6.07, 6.45) is 11.4. The number of halogens is 1. The molecule has 0 aromatic carbocycles. The van der Waals surface area contributed by atoms with Crippen LogP contribution in [0.5, 0.6) is 0 Å². The fourth-order valence-corrected chi connectivity index (χ4v) is 5.01. The zero-order valence-corrected chi connectivity index (χ0v) is 16.5. The van der Waals surface area contributed by atoms with Gasteiger partial charge in [0, 0.05) is 36.9 Å². The molecule has 1 aliphatic carbocycles. The molecule has 3 heterocycles. The van der Waals surface area contributed by atoms with Gasteiger partial charge in [-0.15, -0.1) is 0 Å². The average Bonchev–Trinajstić information content (AvgIpc) is 3.29. The van der Waals surface area contributed by atoms with Crippen LogP contribution in [0, 0.1) is 5.92 Å². The predicted molar refractivity (Wildman–Crippen MR) is 108 cm³/mol. The number of nitrogens with one attached hydrogen (secondary N) is 1. The summed E-state index contributed by atoms with van der Waals surface area (Å²) in [5.41, 5.74) is 7.20. The molecule has 0 bridgehead atoms. The minimum Gasteiger partial charge on any atom is -0.368 e. The molecule has 6 nitrogen and oxygen atoms in total. The van der Waals surface area contributed by atoms with Crippen LogP contribution < -0.4 is 16.0 Å². The number of aromatic nitrogens is 2. The molecular formula is C19H26BrN5O. The molecule has 7 heteroatoms. The fourth-order valence-electron chi connectivity index (χ4n) is 4.44. The van der Waals surface area contributed by atoms with E-state index in [1.165, 1.54) is 36.7 Å². The molecule has 4 rings (SSSR count).